The summed E-state index contributed by atoms with van der Waals surface area (Å²) in [6.07, 6.45) is 0. The first-order valence-electron chi connectivity index (χ1n) is 5.63. The van der Waals surface area contributed by atoms with Crippen molar-refractivity contribution >= 4 is 9.84 Å². The largest absolute Gasteiger partial charge is 0.394 e. The normalized spacial score (nSPS) is 32.4. The van der Waals surface area contributed by atoms with Crippen molar-refractivity contribution in [3.8, 4) is 0 Å². The monoisotopic (exact) mass is 255 g/mol. The van der Waals surface area contributed by atoms with Crippen molar-refractivity contribution in [2.75, 3.05) is 12.4 Å². The van der Waals surface area contributed by atoms with Gasteiger partial charge in [0.2, 0.25) is 0 Å². The Bertz CT molecular complexity index is 500. The Hall–Kier alpha value is -0.910. The molecule has 1 fully saturated rings. The van der Waals surface area contributed by atoms with Gasteiger partial charge in [-0.3, -0.25) is 0 Å². The van der Waals surface area contributed by atoms with Crippen LogP contribution in [0.5, 0.6) is 0 Å². The summed E-state index contributed by atoms with van der Waals surface area (Å²) in [7, 11) is -3.23. The molecule has 3 N–H and O–H groups in total. The van der Waals surface area contributed by atoms with E-state index in [1.165, 1.54) is 0 Å². The zero-order valence-corrected chi connectivity index (χ0v) is 10.5. The van der Waals surface area contributed by atoms with E-state index in [9.17, 15) is 13.5 Å². The Balaban J connectivity index is 2.37. The highest BCUT2D eigenvalue weighted by Gasteiger charge is 2.68. The second-order valence-corrected chi connectivity index (χ2v) is 6.94. The van der Waals surface area contributed by atoms with Crippen LogP contribution >= 0.6 is 0 Å². The van der Waals surface area contributed by atoms with Gasteiger partial charge in [0.1, 0.15) is 0 Å². The molecular weight excluding hydrogens is 238 g/mol. The molecule has 0 spiro atoms. The lowest BCUT2D eigenvalue weighted by molar-refractivity contribution is 0.253. The average molecular weight is 255 g/mol. The highest BCUT2D eigenvalue weighted by molar-refractivity contribution is 7.92. The van der Waals surface area contributed by atoms with Gasteiger partial charge < -0.3 is 10.8 Å². The first-order valence-corrected chi connectivity index (χ1v) is 7.35. The summed E-state index contributed by atoms with van der Waals surface area (Å²) >= 11 is 0. The van der Waals surface area contributed by atoms with Crippen molar-refractivity contribution in [2.45, 2.75) is 23.6 Å². The molecule has 94 valence electrons. The van der Waals surface area contributed by atoms with Gasteiger partial charge in [-0.2, -0.15) is 0 Å². The maximum Gasteiger partial charge on any atom is 0.155 e. The molecule has 0 heterocycles. The number of aliphatic hydroxyl groups is 1. The molecule has 2 rings (SSSR count). The average Bonchev–Trinajstić information content (AvgIpc) is 2.99. The molecule has 4 nitrogen and oxygen atoms in total. The van der Waals surface area contributed by atoms with E-state index < -0.39 is 20.6 Å². The van der Waals surface area contributed by atoms with Crippen LogP contribution in [0.4, 0.5) is 0 Å². The minimum absolute atomic E-state index is 0.0555. The Morgan fingerprint density at radius 3 is 2.41 bits per heavy atom. The predicted molar refractivity (Wildman–Crippen MR) is 66.4 cm³/mol. The van der Waals surface area contributed by atoms with Gasteiger partial charge in [-0.25, -0.2) is 8.42 Å². The number of hydrogen-bond donors (Lipinski definition) is 2. The SMILES string of the molecule is CCS(=O)(=O)[C@@H]1[C@@H](c2ccccc2)[C@@]1(N)CO. The molecule has 17 heavy (non-hydrogen) atoms. The molecule has 1 aliphatic rings. The maximum atomic E-state index is 11.9. The quantitative estimate of drug-likeness (QED) is 0.809. The van der Waals surface area contributed by atoms with E-state index in [1.807, 2.05) is 30.3 Å². The van der Waals surface area contributed by atoms with Crippen LogP contribution in [0.25, 0.3) is 0 Å². The molecule has 0 saturated heterocycles. The van der Waals surface area contributed by atoms with Gasteiger partial charge >= 0.3 is 0 Å². The van der Waals surface area contributed by atoms with Gasteiger partial charge in [0.25, 0.3) is 0 Å². The standard InChI is InChI=1S/C12H17NO3S/c1-2-17(15,16)11-10(12(11,13)8-14)9-6-4-3-5-7-9/h3-7,10-11,14H,2,8,13H2,1H3/t10-,11-,12+/m1/s1. The first kappa shape index (κ1) is 12.5. The van der Waals surface area contributed by atoms with Crippen LogP contribution < -0.4 is 5.73 Å². The fourth-order valence-corrected chi connectivity index (χ4v) is 4.47. The second kappa shape index (κ2) is 4.08. The summed E-state index contributed by atoms with van der Waals surface area (Å²) in [5.74, 6) is -0.237. The fourth-order valence-electron chi connectivity index (χ4n) is 2.48. The van der Waals surface area contributed by atoms with Crippen LogP contribution in [0.15, 0.2) is 30.3 Å². The van der Waals surface area contributed by atoms with Crippen LogP contribution in [0.2, 0.25) is 0 Å². The number of hydrogen-bond acceptors (Lipinski definition) is 4. The summed E-state index contributed by atoms with van der Waals surface area (Å²) in [5, 5.41) is 8.68. The molecular formula is C12H17NO3S. The van der Waals surface area contributed by atoms with Crippen molar-refractivity contribution in [3.05, 3.63) is 35.9 Å². The van der Waals surface area contributed by atoms with Gasteiger partial charge in [0.15, 0.2) is 9.84 Å². The summed E-state index contributed by atoms with van der Waals surface area (Å²) in [6.45, 7) is 1.30. The fraction of sp³-hybridized carbons (Fsp3) is 0.500. The molecule has 1 aromatic carbocycles. The van der Waals surface area contributed by atoms with Crippen LogP contribution in [-0.4, -0.2) is 36.7 Å². The Kier molecular flexibility index (Phi) is 3.01. The minimum Gasteiger partial charge on any atom is -0.394 e. The topological polar surface area (TPSA) is 80.4 Å². The lowest BCUT2D eigenvalue weighted by Crippen LogP contribution is -2.35. The third-order valence-electron chi connectivity index (χ3n) is 3.52. The van der Waals surface area contributed by atoms with Gasteiger partial charge in [0.05, 0.1) is 17.4 Å². The van der Waals surface area contributed by atoms with Crippen molar-refractivity contribution in [3.63, 3.8) is 0 Å². The highest BCUT2D eigenvalue weighted by Crippen LogP contribution is 2.53. The van der Waals surface area contributed by atoms with E-state index in [0.29, 0.717) is 0 Å². The summed E-state index contributed by atoms with van der Waals surface area (Å²) < 4.78 is 23.9. The lowest BCUT2D eigenvalue weighted by Gasteiger charge is -2.06. The van der Waals surface area contributed by atoms with E-state index in [-0.39, 0.29) is 18.3 Å². The van der Waals surface area contributed by atoms with Gasteiger partial charge in [-0.15, -0.1) is 0 Å². The van der Waals surface area contributed by atoms with Crippen molar-refractivity contribution < 1.29 is 13.5 Å². The number of nitrogens with two attached hydrogens (primary N) is 1. The van der Waals surface area contributed by atoms with E-state index in [4.69, 9.17) is 5.73 Å². The molecule has 0 amide bonds. The maximum absolute atomic E-state index is 11.9. The highest BCUT2D eigenvalue weighted by atomic mass is 32.2. The zero-order valence-electron chi connectivity index (χ0n) is 9.70. The number of rotatable bonds is 4. The van der Waals surface area contributed by atoms with Crippen molar-refractivity contribution in [2.24, 2.45) is 5.73 Å². The van der Waals surface area contributed by atoms with Crippen LogP contribution in [0.3, 0.4) is 0 Å². The van der Waals surface area contributed by atoms with Crippen LogP contribution in [0.1, 0.15) is 18.4 Å². The molecule has 0 unspecified atom stereocenters. The molecule has 0 radical (unpaired) electrons. The van der Waals surface area contributed by atoms with Crippen LogP contribution in [0, 0.1) is 0 Å². The van der Waals surface area contributed by atoms with Crippen molar-refractivity contribution in [1.29, 1.82) is 0 Å². The predicted octanol–water partition coefficient (Wildman–Crippen LogP) is 0.277. The van der Waals surface area contributed by atoms with Crippen molar-refractivity contribution in [1.82, 2.24) is 0 Å². The summed E-state index contributed by atoms with van der Waals surface area (Å²) in [6, 6.07) is 9.27. The van der Waals surface area contributed by atoms with Gasteiger partial charge in [-0.05, 0) is 5.56 Å². The second-order valence-electron chi connectivity index (χ2n) is 4.53. The van der Waals surface area contributed by atoms with Gasteiger partial charge in [0, 0.05) is 11.7 Å². The van der Waals surface area contributed by atoms with E-state index in [1.54, 1.807) is 6.92 Å². The van der Waals surface area contributed by atoms with E-state index in [2.05, 4.69) is 0 Å². The molecule has 0 aliphatic heterocycles. The van der Waals surface area contributed by atoms with Crippen LogP contribution in [-0.2, 0) is 9.84 Å². The van der Waals surface area contributed by atoms with E-state index in [0.717, 1.165) is 5.56 Å². The molecule has 3 atom stereocenters. The first-order chi connectivity index (χ1) is 7.97. The molecule has 1 saturated carbocycles. The number of aliphatic hydroxyl groups excluding tert-OH is 1. The molecule has 0 aromatic heterocycles. The minimum atomic E-state index is -3.23. The van der Waals surface area contributed by atoms with E-state index >= 15 is 0 Å². The third kappa shape index (κ3) is 1.88. The number of benzene rings is 1. The zero-order chi connectivity index (χ0) is 12.7. The lowest BCUT2D eigenvalue weighted by atomic mass is 10.1. The Morgan fingerprint density at radius 1 is 1.35 bits per heavy atom. The Morgan fingerprint density at radius 2 is 1.94 bits per heavy atom. The number of sulfone groups is 1. The summed E-state index contributed by atoms with van der Waals surface area (Å²) in [5.41, 5.74) is 5.86. The smallest absolute Gasteiger partial charge is 0.155 e. The summed E-state index contributed by atoms with van der Waals surface area (Å²) in [4.78, 5) is 0. The van der Waals surface area contributed by atoms with Gasteiger partial charge in [-0.1, -0.05) is 37.3 Å². The third-order valence-corrected chi connectivity index (χ3v) is 5.81. The molecule has 1 aliphatic carbocycles. The molecule has 1 aromatic rings. The Labute approximate surface area is 101 Å². The molecule has 0 bridgehead atoms. The molecule has 5 heteroatoms.